The molecule has 8 saturated carbocycles. The van der Waals surface area contributed by atoms with E-state index >= 15 is 0 Å². The molecule has 8 fully saturated rings. The summed E-state index contributed by atoms with van der Waals surface area (Å²) in [7, 11) is 0. The minimum atomic E-state index is -0.519. The summed E-state index contributed by atoms with van der Waals surface area (Å²) >= 11 is 0. The molecule has 0 heterocycles. The highest BCUT2D eigenvalue weighted by Crippen LogP contribution is 2.70. The molecule has 0 radical (unpaired) electrons. The van der Waals surface area contributed by atoms with Crippen LogP contribution in [0.2, 0.25) is 0 Å². The zero-order valence-corrected chi connectivity index (χ0v) is 46.4. The number of fused-ring (bicyclic) bond motifs is 10. The molecule has 8 aliphatic carbocycles. The van der Waals surface area contributed by atoms with E-state index in [2.05, 4.69) is 41.5 Å². The fraction of sp³-hybridized carbons (Fsp3) is 0.903. The summed E-state index contributed by atoms with van der Waals surface area (Å²) in [5.74, 6) is 6.02. The molecule has 8 aliphatic rings. The fourth-order valence-electron chi connectivity index (χ4n) is 19.9. The number of hydrogen-bond donors (Lipinski definition) is 0. The third-order valence-corrected chi connectivity index (χ3v) is 23.5. The van der Waals surface area contributed by atoms with Gasteiger partial charge in [-0.2, -0.15) is 0 Å². The maximum absolute atomic E-state index is 13.1. The molecule has 0 bridgehead atoms. The molecule has 72 heavy (non-hydrogen) atoms. The van der Waals surface area contributed by atoms with Crippen LogP contribution in [0.3, 0.4) is 0 Å². The van der Waals surface area contributed by atoms with Crippen molar-refractivity contribution in [2.24, 2.45) is 92.7 Å². The van der Waals surface area contributed by atoms with Crippen molar-refractivity contribution in [1.29, 1.82) is 0 Å². The third-order valence-electron chi connectivity index (χ3n) is 23.5. The van der Waals surface area contributed by atoms with Gasteiger partial charge in [0.1, 0.15) is 12.2 Å². The molecule has 10 nitrogen and oxygen atoms in total. The Morgan fingerprint density at radius 1 is 0.417 bits per heavy atom. The van der Waals surface area contributed by atoms with Crippen LogP contribution in [-0.4, -0.2) is 48.0 Å². The number of ether oxygens (including phenoxy) is 4. The number of unbranched alkanes of at least 4 members (excludes halogenated alkanes) is 5. The van der Waals surface area contributed by atoms with E-state index in [1.165, 1.54) is 90.9 Å². The molecule has 10 heteroatoms. The number of carbonyl (C=O) groups excluding carboxylic acids is 6. The number of rotatable bonds is 19. The second-order valence-electron chi connectivity index (χ2n) is 27.1. The van der Waals surface area contributed by atoms with Gasteiger partial charge in [-0.1, -0.05) is 67.2 Å². The predicted octanol–water partition coefficient (Wildman–Crippen LogP) is 14.3. The smallest absolute Gasteiger partial charge is 0.313 e. The van der Waals surface area contributed by atoms with Gasteiger partial charge in [0.05, 0.1) is 0 Å². The van der Waals surface area contributed by atoms with Crippen molar-refractivity contribution in [3.63, 3.8) is 0 Å². The van der Waals surface area contributed by atoms with E-state index in [0.717, 1.165) is 125 Å². The second-order valence-corrected chi connectivity index (χ2v) is 27.1. The second kappa shape index (κ2) is 23.2. The highest BCUT2D eigenvalue weighted by molar-refractivity contribution is 5.84. The van der Waals surface area contributed by atoms with E-state index in [9.17, 15) is 28.8 Å². The van der Waals surface area contributed by atoms with Crippen molar-refractivity contribution in [2.75, 3.05) is 0 Å². The van der Waals surface area contributed by atoms with Gasteiger partial charge in [0.25, 0.3) is 0 Å². The van der Waals surface area contributed by atoms with Crippen molar-refractivity contribution >= 4 is 35.8 Å². The van der Waals surface area contributed by atoms with Crippen molar-refractivity contribution < 1.29 is 47.7 Å². The van der Waals surface area contributed by atoms with Gasteiger partial charge in [-0.25, -0.2) is 0 Å². The third kappa shape index (κ3) is 11.8. The van der Waals surface area contributed by atoms with Crippen LogP contribution in [0.5, 0.6) is 0 Å². The summed E-state index contributed by atoms with van der Waals surface area (Å²) in [4.78, 5) is 73.0. The summed E-state index contributed by atoms with van der Waals surface area (Å²) < 4.78 is 22.0. The van der Waals surface area contributed by atoms with E-state index in [1.807, 2.05) is 0 Å². The molecule has 0 aromatic heterocycles. The van der Waals surface area contributed by atoms with Crippen LogP contribution < -0.4 is 0 Å². The zero-order chi connectivity index (χ0) is 51.6. The maximum Gasteiger partial charge on any atom is 0.313 e. The predicted molar refractivity (Wildman–Crippen MR) is 277 cm³/mol. The molecule has 0 aromatic carbocycles. The van der Waals surface area contributed by atoms with Crippen molar-refractivity contribution in [1.82, 2.24) is 0 Å². The lowest BCUT2D eigenvalue weighted by molar-refractivity contribution is -0.163. The average molecular weight is 1000 g/mol. The molecule has 0 saturated heterocycles. The molecule has 0 aliphatic heterocycles. The summed E-state index contributed by atoms with van der Waals surface area (Å²) in [6, 6.07) is 0. The Kier molecular flexibility index (Phi) is 17.9. The summed E-state index contributed by atoms with van der Waals surface area (Å²) in [5, 5.41) is 0. The first-order valence-electron chi connectivity index (χ1n) is 30.1. The van der Waals surface area contributed by atoms with Crippen LogP contribution in [0.1, 0.15) is 248 Å². The van der Waals surface area contributed by atoms with Crippen LogP contribution in [0.15, 0.2) is 0 Å². The average Bonchev–Trinajstić information content (AvgIpc) is 3.87. The number of esters is 6. The minimum absolute atomic E-state index is 0.0220. The Morgan fingerprint density at radius 2 is 0.778 bits per heavy atom. The Morgan fingerprint density at radius 3 is 1.17 bits per heavy atom. The highest BCUT2D eigenvalue weighted by atomic mass is 16.6. The Bertz CT molecular complexity index is 1810. The van der Waals surface area contributed by atoms with E-state index < -0.39 is 23.9 Å². The SMILES string of the molecule is CC(=O)OC(=O)CC[C@@H](C)[C@H]1CC[C@H]2[C@@H]3CC[C@@H]4C[C@H](OC(=O)CCCCCCCCC(=O)O[C@@H]5CC[C@@]6(C)[C@H](CC[C@@H]7[C@@H]6CC[C@]6(C)[C@@H]([C@H](C)CCC(=O)OC(C)=O)CC[C@@H]76)C5)CC[C@]4(C)[C@H]3CC[C@]12C. The molecule has 0 aromatic rings. The van der Waals surface area contributed by atoms with Crippen molar-refractivity contribution in [3.05, 3.63) is 0 Å². The molecular weight excluding hydrogens is 905 g/mol. The van der Waals surface area contributed by atoms with Crippen molar-refractivity contribution in [3.8, 4) is 0 Å². The molecule has 0 N–H and O–H groups in total. The summed E-state index contributed by atoms with van der Waals surface area (Å²) in [6.45, 7) is 17.5. The van der Waals surface area contributed by atoms with Gasteiger partial charge in [0.2, 0.25) is 0 Å². The first-order valence-corrected chi connectivity index (χ1v) is 30.1. The quantitative estimate of drug-likeness (QED) is 0.0532. The topological polar surface area (TPSA) is 139 Å². The van der Waals surface area contributed by atoms with Crippen LogP contribution in [0.4, 0.5) is 0 Å². The van der Waals surface area contributed by atoms with E-state index in [-0.39, 0.29) is 24.1 Å². The molecule has 0 amide bonds. The Hall–Kier alpha value is -2.78. The highest BCUT2D eigenvalue weighted by Gasteiger charge is 2.62. The molecule has 406 valence electrons. The molecule has 0 unspecified atom stereocenters. The van der Waals surface area contributed by atoms with Gasteiger partial charge in [0.15, 0.2) is 0 Å². The largest absolute Gasteiger partial charge is 0.462 e. The van der Waals surface area contributed by atoms with E-state index in [4.69, 9.17) is 18.9 Å². The van der Waals surface area contributed by atoms with Crippen LogP contribution in [0.25, 0.3) is 0 Å². The first kappa shape index (κ1) is 55.5. The van der Waals surface area contributed by atoms with E-state index in [0.29, 0.717) is 82.9 Å². The van der Waals surface area contributed by atoms with Gasteiger partial charge >= 0.3 is 35.8 Å². The van der Waals surface area contributed by atoms with Gasteiger partial charge in [0, 0.05) is 39.5 Å². The van der Waals surface area contributed by atoms with Gasteiger partial charge < -0.3 is 18.9 Å². The van der Waals surface area contributed by atoms with Gasteiger partial charge in [-0.3, -0.25) is 28.8 Å². The monoisotopic (exact) mass is 1000 g/mol. The summed E-state index contributed by atoms with van der Waals surface area (Å²) in [5.41, 5.74) is 1.28. The lowest BCUT2D eigenvalue weighted by atomic mass is 9.44. The first-order chi connectivity index (χ1) is 34.2. The number of carbonyl (C=O) groups is 6. The Balaban J connectivity index is 0.674. The minimum Gasteiger partial charge on any atom is -0.462 e. The lowest BCUT2D eigenvalue weighted by Gasteiger charge is -2.61. The van der Waals surface area contributed by atoms with Crippen LogP contribution in [-0.2, 0) is 47.7 Å². The van der Waals surface area contributed by atoms with E-state index in [1.54, 1.807) is 0 Å². The fourth-order valence-corrected chi connectivity index (χ4v) is 19.9. The van der Waals surface area contributed by atoms with Crippen molar-refractivity contribution in [2.45, 2.75) is 260 Å². The van der Waals surface area contributed by atoms with Crippen LogP contribution >= 0.6 is 0 Å². The molecule has 8 rings (SSSR count). The molecule has 0 spiro atoms. The molecule has 18 atom stereocenters. The summed E-state index contributed by atoms with van der Waals surface area (Å²) in [6.07, 6.45) is 30.8. The number of hydrogen-bond acceptors (Lipinski definition) is 10. The van der Waals surface area contributed by atoms with Gasteiger partial charge in [-0.15, -0.1) is 0 Å². The zero-order valence-electron chi connectivity index (χ0n) is 46.4. The standard InChI is InChI=1S/C62H98O10/c1-39(17-27-57(67)69-41(3)63)49-23-25-51-47-21-19-43-37-45(29-33-59(43,5)53(47)31-35-61(49,51)7)71-55(65)15-13-11-9-10-12-14-16-56(66)72-46-30-34-60(6)44(38-46)20-22-48-52-26-24-50(62(52,8)36-32-54(48)60)40(2)18-28-58(68)70-42(4)64/h39-40,43-54H,9-38H2,1-8H3/t39-,40-,43-,44-,45-,46-,47+,48+,49-,50-,51+,52+,53+,54+,59+,60+,61-,62-/m1/s1. The Labute approximate surface area is 434 Å². The van der Waals surface area contributed by atoms with Crippen LogP contribution in [0, 0.1) is 92.7 Å². The molecular formula is C62H98O10. The lowest BCUT2D eigenvalue weighted by Crippen LogP contribution is -2.54. The van der Waals surface area contributed by atoms with Gasteiger partial charge in [-0.05, 0) is 234 Å². The normalized spacial score (nSPS) is 40.6. The maximum atomic E-state index is 13.1.